The Morgan fingerprint density at radius 2 is 2.07 bits per heavy atom. The zero-order valence-electron chi connectivity index (χ0n) is 24.5. The van der Waals surface area contributed by atoms with Crippen molar-refractivity contribution in [2.45, 2.75) is 63.1 Å². The van der Waals surface area contributed by atoms with Gasteiger partial charge in [0.2, 0.25) is 10.0 Å². The van der Waals surface area contributed by atoms with E-state index in [0.29, 0.717) is 37.2 Å². The van der Waals surface area contributed by atoms with Crippen LogP contribution in [0.3, 0.4) is 0 Å². The summed E-state index contributed by atoms with van der Waals surface area (Å²) < 4.78 is 41.6. The van der Waals surface area contributed by atoms with Crippen molar-refractivity contribution in [1.82, 2.24) is 0 Å². The molecule has 234 valence electrons. The van der Waals surface area contributed by atoms with Crippen LogP contribution < -0.4 is 14.8 Å². The van der Waals surface area contributed by atoms with Crippen LogP contribution in [0, 0.1) is 17.8 Å². The second kappa shape index (κ2) is 12.2. The quantitative estimate of drug-likeness (QED) is 0.431. The number of carboxylic acid groups (broad SMARTS) is 1. The lowest BCUT2D eigenvalue weighted by atomic mass is 9.67. The highest BCUT2D eigenvalue weighted by atomic mass is 35.5. The zero-order chi connectivity index (χ0) is 30.4. The summed E-state index contributed by atoms with van der Waals surface area (Å²) in [6, 6.07) is 11.4. The van der Waals surface area contributed by atoms with E-state index in [0.717, 1.165) is 55.9 Å². The van der Waals surface area contributed by atoms with Crippen LogP contribution in [0.2, 0.25) is 5.02 Å². The van der Waals surface area contributed by atoms with Crippen molar-refractivity contribution in [2.24, 2.45) is 22.9 Å². The Kier molecular flexibility index (Phi) is 8.69. The minimum atomic E-state index is -3.57. The van der Waals surface area contributed by atoms with Crippen LogP contribution in [0.1, 0.15) is 60.5 Å². The molecule has 1 saturated carbocycles. The van der Waals surface area contributed by atoms with Gasteiger partial charge in [-0.2, -0.15) is 0 Å². The highest BCUT2D eigenvalue weighted by Gasteiger charge is 2.46. The maximum absolute atomic E-state index is 12.0. The second-order valence-corrected chi connectivity index (χ2v) is 15.1. The lowest BCUT2D eigenvalue weighted by Crippen LogP contribution is -2.51. The van der Waals surface area contributed by atoms with Crippen LogP contribution in [-0.4, -0.2) is 70.4 Å². The number of aryl methyl sites for hydroxylation is 1. The van der Waals surface area contributed by atoms with E-state index >= 15 is 0 Å². The number of nitrogens with zero attached hydrogens (tertiary/aromatic N) is 1. The Balaban J connectivity index is 1.24. The number of hydrogen-bond donors (Lipinski definition) is 2. The summed E-state index contributed by atoms with van der Waals surface area (Å²) in [6.07, 6.45) is 5.76. The first-order chi connectivity index (χ1) is 20.5. The third kappa shape index (κ3) is 6.54. The predicted molar refractivity (Wildman–Crippen MR) is 165 cm³/mol. The van der Waals surface area contributed by atoms with Gasteiger partial charge in [-0.25, -0.2) is 18.4 Å². The molecule has 2 aliphatic carbocycles. The van der Waals surface area contributed by atoms with E-state index in [9.17, 15) is 18.3 Å². The summed E-state index contributed by atoms with van der Waals surface area (Å²) in [5, 5.41) is 15.7. The summed E-state index contributed by atoms with van der Waals surface area (Å²) in [5.74, 6) is 0.413. The molecule has 2 aromatic carbocycles. The lowest BCUT2D eigenvalue weighted by molar-refractivity contribution is -0.139. The monoisotopic (exact) mass is 632 g/mol. The molecule has 3 N–H and O–H groups in total. The maximum Gasteiger partial charge on any atom is 0.335 e. The molecule has 2 aliphatic heterocycles. The Bertz CT molecular complexity index is 1470. The largest absolute Gasteiger partial charge is 0.490 e. The number of benzene rings is 2. The first kappa shape index (κ1) is 30.6. The van der Waals surface area contributed by atoms with E-state index in [1.165, 1.54) is 11.1 Å². The van der Waals surface area contributed by atoms with E-state index in [1.807, 2.05) is 6.07 Å². The number of rotatable bonds is 8. The van der Waals surface area contributed by atoms with Crippen molar-refractivity contribution < 1.29 is 32.5 Å². The molecule has 2 aromatic rings. The minimum Gasteiger partial charge on any atom is -0.490 e. The molecule has 2 unspecified atom stereocenters. The molecule has 2 fully saturated rings. The van der Waals surface area contributed by atoms with Crippen LogP contribution in [0.15, 0.2) is 36.4 Å². The molecular formula is C32H41ClN2O7S. The van der Waals surface area contributed by atoms with E-state index < -0.39 is 16.0 Å². The number of primary sulfonamides is 1. The number of carboxylic acids is 1. The third-order valence-corrected chi connectivity index (χ3v) is 11.0. The second-order valence-electron chi connectivity index (χ2n) is 13.0. The average Bonchev–Trinajstić information content (AvgIpc) is 3.09. The van der Waals surface area contributed by atoms with Crippen LogP contribution in [0.5, 0.6) is 5.75 Å². The molecular weight excluding hydrogens is 592 g/mol. The topological polar surface area (TPSA) is 128 Å². The summed E-state index contributed by atoms with van der Waals surface area (Å²) in [6.45, 7) is 4.73. The predicted octanol–water partition coefficient (Wildman–Crippen LogP) is 4.64. The van der Waals surface area contributed by atoms with Gasteiger partial charge in [-0.1, -0.05) is 24.6 Å². The Morgan fingerprint density at radius 3 is 2.81 bits per heavy atom. The highest BCUT2D eigenvalue weighted by Crippen LogP contribution is 2.47. The van der Waals surface area contributed by atoms with Crippen molar-refractivity contribution >= 4 is 33.3 Å². The number of ether oxygens (including phenoxy) is 3. The number of anilines is 1. The van der Waals surface area contributed by atoms with Crippen molar-refractivity contribution in [2.75, 3.05) is 43.6 Å². The van der Waals surface area contributed by atoms with Gasteiger partial charge in [0, 0.05) is 35.9 Å². The molecule has 43 heavy (non-hydrogen) atoms. The van der Waals surface area contributed by atoms with Crippen molar-refractivity contribution in [3.05, 3.63) is 58.1 Å². The number of carbonyl (C=O) groups is 1. The molecule has 0 amide bonds. The van der Waals surface area contributed by atoms with Crippen LogP contribution in [-0.2, 0) is 31.3 Å². The van der Waals surface area contributed by atoms with E-state index in [1.54, 1.807) is 18.2 Å². The Hall–Kier alpha value is -2.37. The summed E-state index contributed by atoms with van der Waals surface area (Å²) >= 11 is 6.39. The van der Waals surface area contributed by atoms with Gasteiger partial charge in [0.1, 0.15) is 5.75 Å². The van der Waals surface area contributed by atoms with Crippen LogP contribution >= 0.6 is 11.6 Å². The number of halogens is 1. The van der Waals surface area contributed by atoms with Gasteiger partial charge in [-0.3, -0.25) is 0 Å². The fraction of sp³-hybridized carbons (Fsp3) is 0.594. The van der Waals surface area contributed by atoms with Crippen molar-refractivity contribution in [3.63, 3.8) is 0 Å². The smallest absolute Gasteiger partial charge is 0.335 e. The Morgan fingerprint density at radius 1 is 1.23 bits per heavy atom. The first-order valence-corrected chi connectivity index (χ1v) is 17.4. The number of hydrogen-bond acceptors (Lipinski definition) is 7. The van der Waals surface area contributed by atoms with E-state index in [-0.39, 0.29) is 41.5 Å². The molecule has 0 radical (unpaired) electrons. The molecule has 6 rings (SSSR count). The molecule has 0 bridgehead atoms. The molecule has 0 aromatic heterocycles. The summed E-state index contributed by atoms with van der Waals surface area (Å²) in [5.41, 5.74) is 3.37. The first-order valence-electron chi connectivity index (χ1n) is 15.3. The molecule has 2 heterocycles. The average molecular weight is 633 g/mol. The molecule has 1 saturated heterocycles. The SMILES string of the molecule is CC1CO[C@H]([C@@H]2CC[C@H]2CN2CC3(CCCc4cc(Cl)ccc43)COc3ccc(C(=O)O)cc32)C[C@H]1OCCS(N)(=O)=O. The van der Waals surface area contributed by atoms with Crippen LogP contribution in [0.25, 0.3) is 0 Å². The standard InChI is InChI=1S/C32H41ClN2O7S/c1-20-17-41-30(15-29(20)40-11-12-43(34,38)39)25-7-4-23(25)16-35-18-32(10-2-3-21-13-24(33)6-8-26(21)32)19-42-28-9-5-22(31(36)37)14-27(28)35/h5-6,8-9,13-14,20,23,25,29-30H,2-4,7,10-12,15-19H2,1H3,(H,36,37)(H2,34,38,39)/t20?,23-,25+,29+,30-,32?/m0/s1. The zero-order valence-corrected chi connectivity index (χ0v) is 26.1. The normalized spacial score (nSPS) is 30.5. The van der Waals surface area contributed by atoms with Gasteiger partial charge in [0.15, 0.2) is 0 Å². The lowest BCUT2D eigenvalue weighted by Gasteiger charge is -2.48. The summed E-state index contributed by atoms with van der Waals surface area (Å²) in [7, 11) is -3.57. The third-order valence-electron chi connectivity index (χ3n) is 10.1. The van der Waals surface area contributed by atoms with Gasteiger partial charge >= 0.3 is 5.97 Å². The van der Waals surface area contributed by atoms with Gasteiger partial charge < -0.3 is 24.2 Å². The Labute approximate surface area is 258 Å². The fourth-order valence-electron chi connectivity index (χ4n) is 7.60. The van der Waals surface area contributed by atoms with E-state index in [4.69, 9.17) is 31.0 Å². The molecule has 4 aliphatic rings. The summed E-state index contributed by atoms with van der Waals surface area (Å²) in [4.78, 5) is 14.3. The molecule has 11 heteroatoms. The van der Waals surface area contributed by atoms with Crippen LogP contribution in [0.4, 0.5) is 5.69 Å². The number of nitrogens with two attached hydrogens (primary N) is 1. The number of sulfonamides is 1. The van der Waals surface area contributed by atoms with E-state index in [2.05, 4.69) is 24.0 Å². The van der Waals surface area contributed by atoms with Gasteiger partial charge in [-0.15, -0.1) is 0 Å². The molecule has 6 atom stereocenters. The van der Waals surface area contributed by atoms with Crippen molar-refractivity contribution in [1.29, 1.82) is 0 Å². The van der Waals surface area contributed by atoms with Gasteiger partial charge in [-0.05, 0) is 85.4 Å². The number of fused-ring (bicyclic) bond motifs is 3. The molecule has 9 nitrogen and oxygen atoms in total. The maximum atomic E-state index is 12.0. The van der Waals surface area contributed by atoms with Crippen molar-refractivity contribution in [3.8, 4) is 5.75 Å². The van der Waals surface area contributed by atoms with Gasteiger partial charge in [0.25, 0.3) is 0 Å². The minimum absolute atomic E-state index is 0.0222. The number of aromatic carboxylic acids is 1. The van der Waals surface area contributed by atoms with Gasteiger partial charge in [0.05, 0.1) is 49.0 Å². The fourth-order valence-corrected chi connectivity index (χ4v) is 8.12. The molecule has 1 spiro atoms. The highest BCUT2D eigenvalue weighted by molar-refractivity contribution is 7.89.